The fourth-order valence-electron chi connectivity index (χ4n) is 1.31. The minimum absolute atomic E-state index is 0.247. The average molecular weight is 216 g/mol. The molecule has 90 valence electrons. The normalized spacial score (nSPS) is 11.3. The molecule has 0 aromatic rings. The number of carboxylic acids is 1. The van der Waals surface area contributed by atoms with Crippen LogP contribution in [0.3, 0.4) is 0 Å². The summed E-state index contributed by atoms with van der Waals surface area (Å²) in [6.45, 7) is 5.78. The largest absolute Gasteiger partial charge is 0.481 e. The van der Waals surface area contributed by atoms with Crippen molar-refractivity contribution in [2.75, 3.05) is 40.3 Å². The van der Waals surface area contributed by atoms with E-state index in [0.29, 0.717) is 6.54 Å². The van der Waals surface area contributed by atoms with Gasteiger partial charge in [0.25, 0.3) is 0 Å². The summed E-state index contributed by atoms with van der Waals surface area (Å²) in [4.78, 5) is 14.8. The standard InChI is InChI=1S/C11H24N2O2/c1-4-5-7-13(8-6-11(14)15)10-9-12(2)3/h4-10H2,1-3H3,(H,14,15). The minimum Gasteiger partial charge on any atom is -0.481 e. The smallest absolute Gasteiger partial charge is 0.304 e. The number of carboxylic acid groups (broad SMARTS) is 1. The minimum atomic E-state index is -0.707. The van der Waals surface area contributed by atoms with Gasteiger partial charge in [-0.15, -0.1) is 0 Å². The van der Waals surface area contributed by atoms with Crippen molar-refractivity contribution in [1.82, 2.24) is 9.80 Å². The number of unbranched alkanes of at least 4 members (excludes halogenated alkanes) is 1. The molecule has 0 bridgehead atoms. The fraction of sp³-hybridized carbons (Fsp3) is 0.909. The molecular weight excluding hydrogens is 192 g/mol. The highest BCUT2D eigenvalue weighted by molar-refractivity contribution is 5.66. The average Bonchev–Trinajstić information content (AvgIpc) is 2.16. The van der Waals surface area contributed by atoms with Gasteiger partial charge >= 0.3 is 5.97 Å². The molecule has 0 unspecified atom stereocenters. The van der Waals surface area contributed by atoms with Crippen molar-refractivity contribution >= 4 is 5.97 Å². The molecule has 0 heterocycles. The molecule has 0 aliphatic carbocycles. The third kappa shape index (κ3) is 9.69. The third-order valence-corrected chi connectivity index (χ3v) is 2.33. The molecule has 0 aliphatic heterocycles. The zero-order valence-electron chi connectivity index (χ0n) is 10.2. The van der Waals surface area contributed by atoms with E-state index in [4.69, 9.17) is 5.11 Å². The predicted octanol–water partition coefficient (Wildman–Crippen LogP) is 1.12. The van der Waals surface area contributed by atoms with Crippen molar-refractivity contribution in [2.45, 2.75) is 26.2 Å². The van der Waals surface area contributed by atoms with E-state index in [-0.39, 0.29) is 6.42 Å². The van der Waals surface area contributed by atoms with Gasteiger partial charge in [-0.05, 0) is 27.1 Å². The second-order valence-corrected chi connectivity index (χ2v) is 4.14. The van der Waals surface area contributed by atoms with Gasteiger partial charge in [0.2, 0.25) is 0 Å². The topological polar surface area (TPSA) is 43.8 Å². The molecule has 0 aromatic heterocycles. The number of hydrogen-bond donors (Lipinski definition) is 1. The van der Waals surface area contributed by atoms with Crippen LogP contribution in [-0.4, -0.2) is 61.2 Å². The Labute approximate surface area is 92.9 Å². The van der Waals surface area contributed by atoms with E-state index in [1.165, 1.54) is 0 Å². The zero-order chi connectivity index (χ0) is 11.7. The Bertz CT molecular complexity index is 172. The maximum Gasteiger partial charge on any atom is 0.304 e. The Morgan fingerprint density at radius 2 is 1.80 bits per heavy atom. The molecule has 4 heteroatoms. The van der Waals surface area contributed by atoms with Crippen molar-refractivity contribution in [2.24, 2.45) is 0 Å². The maximum atomic E-state index is 10.5. The molecule has 0 radical (unpaired) electrons. The zero-order valence-corrected chi connectivity index (χ0v) is 10.2. The lowest BCUT2D eigenvalue weighted by molar-refractivity contribution is -0.137. The lowest BCUT2D eigenvalue weighted by Gasteiger charge is -2.23. The second-order valence-electron chi connectivity index (χ2n) is 4.14. The maximum absolute atomic E-state index is 10.5. The molecule has 0 rings (SSSR count). The van der Waals surface area contributed by atoms with Gasteiger partial charge < -0.3 is 14.9 Å². The fourth-order valence-corrected chi connectivity index (χ4v) is 1.31. The molecule has 0 amide bonds. The first-order valence-corrected chi connectivity index (χ1v) is 5.65. The van der Waals surface area contributed by atoms with Crippen LogP contribution in [0, 0.1) is 0 Å². The van der Waals surface area contributed by atoms with E-state index < -0.39 is 5.97 Å². The summed E-state index contributed by atoms with van der Waals surface area (Å²) < 4.78 is 0. The Morgan fingerprint density at radius 1 is 1.13 bits per heavy atom. The van der Waals surface area contributed by atoms with Crippen molar-refractivity contribution < 1.29 is 9.90 Å². The van der Waals surface area contributed by atoms with Crippen LogP contribution in [0.2, 0.25) is 0 Å². The number of carbonyl (C=O) groups is 1. The van der Waals surface area contributed by atoms with Gasteiger partial charge in [0.1, 0.15) is 0 Å². The van der Waals surface area contributed by atoms with Crippen LogP contribution < -0.4 is 0 Å². The Morgan fingerprint density at radius 3 is 2.27 bits per heavy atom. The molecule has 0 saturated heterocycles. The van der Waals surface area contributed by atoms with E-state index in [1.54, 1.807) is 0 Å². The van der Waals surface area contributed by atoms with Gasteiger partial charge in [-0.3, -0.25) is 4.79 Å². The summed E-state index contributed by atoms with van der Waals surface area (Å²) in [5, 5.41) is 8.63. The SMILES string of the molecule is CCCCN(CCC(=O)O)CCN(C)C. The lowest BCUT2D eigenvalue weighted by atomic mass is 10.3. The van der Waals surface area contributed by atoms with Gasteiger partial charge in [0.05, 0.1) is 6.42 Å². The first-order valence-electron chi connectivity index (χ1n) is 5.65. The van der Waals surface area contributed by atoms with E-state index in [0.717, 1.165) is 32.5 Å². The van der Waals surface area contributed by atoms with Crippen molar-refractivity contribution in [3.8, 4) is 0 Å². The van der Waals surface area contributed by atoms with Crippen LogP contribution in [0.1, 0.15) is 26.2 Å². The van der Waals surface area contributed by atoms with Crippen LogP contribution >= 0.6 is 0 Å². The quantitative estimate of drug-likeness (QED) is 0.627. The number of hydrogen-bond acceptors (Lipinski definition) is 3. The van der Waals surface area contributed by atoms with Crippen LogP contribution in [0.15, 0.2) is 0 Å². The lowest BCUT2D eigenvalue weighted by Crippen LogP contribution is -2.34. The van der Waals surface area contributed by atoms with Crippen molar-refractivity contribution in [3.63, 3.8) is 0 Å². The molecule has 0 aliphatic rings. The summed E-state index contributed by atoms with van der Waals surface area (Å²) in [5.41, 5.74) is 0. The second kappa shape index (κ2) is 8.68. The Kier molecular flexibility index (Phi) is 8.33. The third-order valence-electron chi connectivity index (χ3n) is 2.33. The summed E-state index contributed by atoms with van der Waals surface area (Å²) in [6, 6.07) is 0. The Balaban J connectivity index is 3.77. The number of nitrogens with zero attached hydrogens (tertiary/aromatic N) is 2. The van der Waals surface area contributed by atoms with Gasteiger partial charge in [0.15, 0.2) is 0 Å². The molecule has 0 spiro atoms. The predicted molar refractivity (Wildman–Crippen MR) is 62.2 cm³/mol. The highest BCUT2D eigenvalue weighted by Crippen LogP contribution is 1.97. The molecule has 15 heavy (non-hydrogen) atoms. The Hall–Kier alpha value is -0.610. The van der Waals surface area contributed by atoms with Gasteiger partial charge in [-0.25, -0.2) is 0 Å². The molecule has 4 nitrogen and oxygen atoms in total. The molecular formula is C11H24N2O2. The van der Waals surface area contributed by atoms with E-state index >= 15 is 0 Å². The van der Waals surface area contributed by atoms with E-state index in [2.05, 4.69) is 16.7 Å². The summed E-state index contributed by atoms with van der Waals surface area (Å²) >= 11 is 0. The number of aliphatic carboxylic acids is 1. The van der Waals surface area contributed by atoms with Crippen LogP contribution in [-0.2, 0) is 4.79 Å². The molecule has 1 N–H and O–H groups in total. The first kappa shape index (κ1) is 14.4. The monoisotopic (exact) mass is 216 g/mol. The number of likely N-dealkylation sites (N-methyl/N-ethyl adjacent to an activating group) is 1. The molecule has 0 atom stereocenters. The highest BCUT2D eigenvalue weighted by Gasteiger charge is 2.07. The van der Waals surface area contributed by atoms with Crippen LogP contribution in [0.5, 0.6) is 0 Å². The molecule has 0 fully saturated rings. The molecule has 0 saturated carbocycles. The van der Waals surface area contributed by atoms with Gasteiger partial charge in [0, 0.05) is 19.6 Å². The van der Waals surface area contributed by atoms with Crippen molar-refractivity contribution in [1.29, 1.82) is 0 Å². The molecule has 0 aromatic carbocycles. The van der Waals surface area contributed by atoms with E-state index in [1.807, 2.05) is 14.1 Å². The summed E-state index contributed by atoms with van der Waals surface area (Å²) in [7, 11) is 4.07. The summed E-state index contributed by atoms with van der Waals surface area (Å²) in [6.07, 6.45) is 2.55. The number of rotatable bonds is 9. The van der Waals surface area contributed by atoms with Crippen molar-refractivity contribution in [3.05, 3.63) is 0 Å². The highest BCUT2D eigenvalue weighted by atomic mass is 16.4. The van der Waals surface area contributed by atoms with Gasteiger partial charge in [-0.1, -0.05) is 13.3 Å². The van der Waals surface area contributed by atoms with Crippen LogP contribution in [0.25, 0.3) is 0 Å². The van der Waals surface area contributed by atoms with Crippen LogP contribution in [0.4, 0.5) is 0 Å². The first-order chi connectivity index (χ1) is 7.06. The van der Waals surface area contributed by atoms with E-state index in [9.17, 15) is 4.79 Å². The summed E-state index contributed by atoms with van der Waals surface area (Å²) in [5.74, 6) is -0.707. The van der Waals surface area contributed by atoms with Gasteiger partial charge in [-0.2, -0.15) is 0 Å².